The van der Waals surface area contributed by atoms with Gasteiger partial charge in [-0.25, -0.2) is 0 Å². The molecule has 20 heavy (non-hydrogen) atoms. The Bertz CT molecular complexity index is 464. The summed E-state index contributed by atoms with van der Waals surface area (Å²) >= 11 is 13.1. The van der Waals surface area contributed by atoms with Gasteiger partial charge in [-0.1, -0.05) is 50.9 Å². The van der Waals surface area contributed by atoms with Gasteiger partial charge in [-0.2, -0.15) is 0 Å². The third kappa shape index (κ3) is 3.71. The van der Waals surface area contributed by atoms with Crippen LogP contribution >= 0.6 is 23.2 Å². The van der Waals surface area contributed by atoms with Crippen molar-refractivity contribution in [3.63, 3.8) is 0 Å². The molecule has 0 bridgehead atoms. The molecular weight excluding hydrogens is 287 g/mol. The van der Waals surface area contributed by atoms with Crippen LogP contribution in [0.1, 0.15) is 51.2 Å². The zero-order valence-corrected chi connectivity index (χ0v) is 14.6. The molecule has 1 aliphatic rings. The lowest BCUT2D eigenvalue weighted by molar-refractivity contribution is 0.142. The van der Waals surface area contributed by atoms with Crippen LogP contribution in [0.4, 0.5) is 0 Å². The minimum atomic E-state index is 0.200. The molecule has 0 spiro atoms. The van der Waals surface area contributed by atoms with Crippen LogP contribution in [0.3, 0.4) is 0 Å². The Morgan fingerprint density at radius 2 is 1.95 bits per heavy atom. The summed E-state index contributed by atoms with van der Waals surface area (Å²) in [6, 6.07) is 6.39. The number of alkyl halides is 1. The summed E-state index contributed by atoms with van der Waals surface area (Å²) in [5.41, 5.74) is 2.67. The van der Waals surface area contributed by atoms with Gasteiger partial charge in [-0.3, -0.25) is 0 Å². The van der Waals surface area contributed by atoms with E-state index in [1.54, 1.807) is 0 Å². The fourth-order valence-corrected chi connectivity index (χ4v) is 4.68. The van der Waals surface area contributed by atoms with Crippen molar-refractivity contribution in [2.24, 2.45) is 17.3 Å². The van der Waals surface area contributed by atoms with Crippen LogP contribution in [0, 0.1) is 24.2 Å². The van der Waals surface area contributed by atoms with Gasteiger partial charge in [0.25, 0.3) is 0 Å². The summed E-state index contributed by atoms with van der Waals surface area (Å²) in [6.45, 7) is 9.09. The van der Waals surface area contributed by atoms with Crippen LogP contribution in [-0.2, 0) is 6.42 Å². The van der Waals surface area contributed by atoms with E-state index in [-0.39, 0.29) is 5.41 Å². The zero-order valence-electron chi connectivity index (χ0n) is 13.0. The molecule has 0 nitrogen and oxygen atoms in total. The van der Waals surface area contributed by atoms with Gasteiger partial charge in [0.2, 0.25) is 0 Å². The molecule has 1 fully saturated rings. The third-order valence-corrected chi connectivity index (χ3v) is 5.73. The van der Waals surface area contributed by atoms with E-state index in [0.29, 0.717) is 11.3 Å². The highest BCUT2D eigenvalue weighted by Gasteiger charge is 2.38. The first-order valence-corrected chi connectivity index (χ1v) is 8.50. The van der Waals surface area contributed by atoms with E-state index in [4.69, 9.17) is 23.2 Å². The smallest absolute Gasteiger partial charge is 0.0440 e. The largest absolute Gasteiger partial charge is 0.123 e. The molecule has 2 heteroatoms. The minimum absolute atomic E-state index is 0.200. The summed E-state index contributed by atoms with van der Waals surface area (Å²) in [5, 5.41) is 1.20. The van der Waals surface area contributed by atoms with Crippen molar-refractivity contribution >= 4 is 23.2 Å². The van der Waals surface area contributed by atoms with Crippen molar-refractivity contribution in [1.29, 1.82) is 0 Å². The standard InChI is InChI=1S/C18H26Cl2/c1-12-5-7-14(16(19)9-12)11-18(3,4)15-8-6-13(2)10-17(15)20/h5,7,9,13,15,17H,6,8,10-11H2,1-4H3. The first kappa shape index (κ1) is 16.2. The van der Waals surface area contributed by atoms with Crippen molar-refractivity contribution in [1.82, 2.24) is 0 Å². The molecule has 0 aromatic heterocycles. The van der Waals surface area contributed by atoms with Gasteiger partial charge in [0, 0.05) is 10.4 Å². The Morgan fingerprint density at radius 1 is 1.25 bits per heavy atom. The summed E-state index contributed by atoms with van der Waals surface area (Å²) < 4.78 is 0. The van der Waals surface area contributed by atoms with Crippen LogP contribution in [0.5, 0.6) is 0 Å². The molecule has 1 aliphatic carbocycles. The van der Waals surface area contributed by atoms with Crippen LogP contribution < -0.4 is 0 Å². The van der Waals surface area contributed by atoms with E-state index in [0.717, 1.165) is 23.8 Å². The molecule has 112 valence electrons. The van der Waals surface area contributed by atoms with E-state index in [9.17, 15) is 0 Å². The summed E-state index contributed by atoms with van der Waals surface area (Å²) in [6.07, 6.45) is 4.70. The molecule has 0 radical (unpaired) electrons. The molecule has 0 saturated heterocycles. The topological polar surface area (TPSA) is 0 Å². The lowest BCUT2D eigenvalue weighted by Gasteiger charge is -2.42. The second kappa shape index (κ2) is 6.28. The summed E-state index contributed by atoms with van der Waals surface area (Å²) in [4.78, 5) is 0. The number of hydrogen-bond acceptors (Lipinski definition) is 0. The van der Waals surface area contributed by atoms with Crippen molar-refractivity contribution in [2.45, 2.75) is 58.8 Å². The lowest BCUT2D eigenvalue weighted by Crippen LogP contribution is -2.37. The van der Waals surface area contributed by atoms with Gasteiger partial charge in [-0.05, 0) is 60.6 Å². The second-order valence-electron chi connectivity index (χ2n) is 7.30. The Labute approximate surface area is 133 Å². The summed E-state index contributed by atoms with van der Waals surface area (Å²) in [5.74, 6) is 1.35. The second-order valence-corrected chi connectivity index (χ2v) is 8.27. The third-order valence-electron chi connectivity index (χ3n) is 4.89. The van der Waals surface area contributed by atoms with Crippen LogP contribution in [-0.4, -0.2) is 5.38 Å². The van der Waals surface area contributed by atoms with E-state index in [1.165, 1.54) is 24.0 Å². The molecule has 0 heterocycles. The molecule has 1 saturated carbocycles. The maximum atomic E-state index is 6.66. The Balaban J connectivity index is 2.14. The van der Waals surface area contributed by atoms with E-state index in [1.807, 2.05) is 0 Å². The van der Waals surface area contributed by atoms with E-state index in [2.05, 4.69) is 45.9 Å². The van der Waals surface area contributed by atoms with Crippen LogP contribution in [0.2, 0.25) is 5.02 Å². The Morgan fingerprint density at radius 3 is 2.55 bits per heavy atom. The fourth-order valence-electron chi connectivity index (χ4n) is 3.61. The number of rotatable bonds is 3. The van der Waals surface area contributed by atoms with Crippen molar-refractivity contribution < 1.29 is 0 Å². The van der Waals surface area contributed by atoms with Gasteiger partial charge in [-0.15, -0.1) is 11.6 Å². The minimum Gasteiger partial charge on any atom is -0.123 e. The van der Waals surface area contributed by atoms with E-state index >= 15 is 0 Å². The van der Waals surface area contributed by atoms with Gasteiger partial charge < -0.3 is 0 Å². The Hall–Kier alpha value is -0.200. The van der Waals surface area contributed by atoms with Gasteiger partial charge in [0.05, 0.1) is 0 Å². The SMILES string of the molecule is Cc1ccc(CC(C)(C)C2CCC(C)CC2Cl)c(Cl)c1. The Kier molecular flexibility index (Phi) is 5.08. The molecule has 2 rings (SSSR count). The monoisotopic (exact) mass is 312 g/mol. The molecule has 0 aliphatic heterocycles. The molecule has 1 aromatic carbocycles. The molecule has 0 N–H and O–H groups in total. The zero-order chi connectivity index (χ0) is 14.9. The number of benzene rings is 1. The lowest BCUT2D eigenvalue weighted by atomic mass is 9.66. The van der Waals surface area contributed by atoms with Crippen LogP contribution in [0.15, 0.2) is 18.2 Å². The number of halogens is 2. The van der Waals surface area contributed by atoms with Gasteiger partial charge >= 0.3 is 0 Å². The molecular formula is C18H26Cl2. The average Bonchev–Trinajstić information content (AvgIpc) is 2.32. The quantitative estimate of drug-likeness (QED) is 0.578. The number of aryl methyl sites for hydroxylation is 1. The van der Waals surface area contributed by atoms with E-state index < -0.39 is 0 Å². The average molecular weight is 313 g/mol. The molecule has 1 aromatic rings. The molecule has 3 unspecified atom stereocenters. The number of hydrogen-bond donors (Lipinski definition) is 0. The highest BCUT2D eigenvalue weighted by atomic mass is 35.5. The highest BCUT2D eigenvalue weighted by molar-refractivity contribution is 6.31. The van der Waals surface area contributed by atoms with Gasteiger partial charge in [0.1, 0.15) is 0 Å². The van der Waals surface area contributed by atoms with Gasteiger partial charge in [0.15, 0.2) is 0 Å². The maximum Gasteiger partial charge on any atom is 0.0440 e. The van der Waals surface area contributed by atoms with Crippen molar-refractivity contribution in [2.75, 3.05) is 0 Å². The fraction of sp³-hybridized carbons (Fsp3) is 0.667. The maximum absolute atomic E-state index is 6.66. The van der Waals surface area contributed by atoms with Crippen molar-refractivity contribution in [3.05, 3.63) is 34.3 Å². The van der Waals surface area contributed by atoms with Crippen molar-refractivity contribution in [3.8, 4) is 0 Å². The highest BCUT2D eigenvalue weighted by Crippen LogP contribution is 2.45. The summed E-state index contributed by atoms with van der Waals surface area (Å²) in [7, 11) is 0. The predicted octanol–water partition coefficient (Wildman–Crippen LogP) is 6.26. The molecule has 0 amide bonds. The van der Waals surface area contributed by atoms with Crippen LogP contribution in [0.25, 0.3) is 0 Å². The predicted molar refractivity (Wildman–Crippen MR) is 89.8 cm³/mol. The first-order valence-electron chi connectivity index (χ1n) is 7.68. The first-order chi connectivity index (χ1) is 9.29. The molecule has 3 atom stereocenters. The normalized spacial score (nSPS) is 27.6.